The van der Waals surface area contributed by atoms with E-state index in [9.17, 15) is 24.3 Å². The van der Waals surface area contributed by atoms with E-state index < -0.39 is 23.5 Å². The van der Waals surface area contributed by atoms with Crippen LogP contribution in [0.1, 0.15) is 67.9 Å². The summed E-state index contributed by atoms with van der Waals surface area (Å²) in [5.41, 5.74) is 2.04. The third-order valence-corrected chi connectivity index (χ3v) is 15.2. The lowest BCUT2D eigenvalue weighted by atomic mass is 9.88. The first-order valence-electron chi connectivity index (χ1n) is 24.7. The Bertz CT molecular complexity index is 2880. The largest absolute Gasteiger partial charge is 0.384 e. The van der Waals surface area contributed by atoms with E-state index in [1.54, 1.807) is 46.6 Å². The molecule has 5 aliphatic rings. The molecule has 4 fully saturated rings. The molecule has 4 amide bonds. The van der Waals surface area contributed by atoms with Crippen LogP contribution in [0.4, 0.5) is 36.6 Å². The highest BCUT2D eigenvalue weighted by Gasteiger charge is 2.43. The van der Waals surface area contributed by atoms with Gasteiger partial charge in [0.2, 0.25) is 11.9 Å². The molecular weight excluding hydrogens is 934 g/mol. The van der Waals surface area contributed by atoms with E-state index in [0.29, 0.717) is 135 Å². The van der Waals surface area contributed by atoms with Crippen LogP contribution in [0.2, 0.25) is 5.02 Å². The van der Waals surface area contributed by atoms with E-state index in [-0.39, 0.29) is 36.9 Å². The van der Waals surface area contributed by atoms with Gasteiger partial charge in [0.1, 0.15) is 11.0 Å². The number of carbonyl (C=O) groups excluding carboxylic acids is 3. The summed E-state index contributed by atoms with van der Waals surface area (Å²) in [5, 5.41) is 17.4. The Balaban J connectivity index is 0.679. The Morgan fingerprint density at radius 1 is 0.901 bits per heavy atom. The van der Waals surface area contributed by atoms with Gasteiger partial charge in [-0.1, -0.05) is 29.8 Å². The van der Waals surface area contributed by atoms with Crippen LogP contribution in [-0.4, -0.2) is 140 Å². The number of likely N-dealkylation sites (tertiary alicyclic amines) is 2. The van der Waals surface area contributed by atoms with Crippen molar-refractivity contribution in [1.29, 1.82) is 0 Å². The van der Waals surface area contributed by atoms with E-state index in [1.807, 2.05) is 52.3 Å². The summed E-state index contributed by atoms with van der Waals surface area (Å²) in [6.07, 6.45) is 9.18. The number of benzene rings is 2. The molecule has 4 saturated heterocycles. The summed E-state index contributed by atoms with van der Waals surface area (Å²) in [7, 11) is 0. The fourth-order valence-electron chi connectivity index (χ4n) is 10.6. The smallest absolute Gasteiger partial charge is 0.328 e. The zero-order chi connectivity index (χ0) is 49.4. The predicted molar refractivity (Wildman–Crippen MR) is 267 cm³/mol. The molecule has 17 nitrogen and oxygen atoms in total. The second kappa shape index (κ2) is 20.1. The first-order chi connectivity index (χ1) is 34.2. The van der Waals surface area contributed by atoms with Gasteiger partial charge in [-0.2, -0.15) is 4.98 Å². The van der Waals surface area contributed by atoms with Crippen LogP contribution in [0.5, 0.6) is 0 Å². The third kappa shape index (κ3) is 10.4. The van der Waals surface area contributed by atoms with Crippen molar-refractivity contribution in [2.45, 2.75) is 69.9 Å². The monoisotopic (exact) mass is 992 g/mol. The molecule has 0 radical (unpaired) electrons. The van der Waals surface area contributed by atoms with Gasteiger partial charge in [0, 0.05) is 87.8 Å². The zero-order valence-electron chi connectivity index (χ0n) is 39.8. The standard InChI is InChI=1S/C51H59ClF2N12O5/c1-50(71)19-3-2-4-20-65-47(69)39-31-55-48(59-45(39)66(65)43-7-5-6-42(50)57-43)56-37-9-11-38(12-10-37)62-28-26-61(27-29-62)33-51(53,54)36-16-21-60(22-17-36)32-34-14-23-63(24-15-34)46(68)35-8-13-40(52)41(30-35)64-25-18-44(67)58-49(64)70/h2,4-13,30-31,34,36,71H,3,14-29,32-33H2,1H3,(H,55,56,59)(H,58,67,70)/b4-2-/t50-/m1/s1. The minimum absolute atomic E-state index is 0.139. The zero-order valence-corrected chi connectivity index (χ0v) is 40.5. The number of amides is 4. The number of piperidine rings is 2. The summed E-state index contributed by atoms with van der Waals surface area (Å²) < 4.78 is 35.0. The van der Waals surface area contributed by atoms with E-state index in [0.717, 1.165) is 30.8 Å². The Morgan fingerprint density at radius 3 is 2.41 bits per heavy atom. The minimum atomic E-state index is -2.79. The van der Waals surface area contributed by atoms with Gasteiger partial charge in [0.15, 0.2) is 11.5 Å². The Morgan fingerprint density at radius 2 is 1.66 bits per heavy atom. The van der Waals surface area contributed by atoms with Crippen molar-refractivity contribution >= 4 is 63.5 Å². The molecule has 1 atom stereocenters. The fourth-order valence-corrected chi connectivity index (χ4v) is 10.9. The molecule has 10 rings (SSSR count). The number of hydrogen-bond donors (Lipinski definition) is 3. The molecule has 5 aromatic rings. The lowest BCUT2D eigenvalue weighted by Gasteiger charge is -2.42. The van der Waals surface area contributed by atoms with Crippen molar-refractivity contribution in [2.75, 3.05) is 87.1 Å². The lowest BCUT2D eigenvalue weighted by Crippen LogP contribution is -2.53. The van der Waals surface area contributed by atoms with Gasteiger partial charge >= 0.3 is 6.03 Å². The van der Waals surface area contributed by atoms with Crippen LogP contribution in [0.15, 0.2) is 83.8 Å². The van der Waals surface area contributed by atoms with Crippen LogP contribution in [0.3, 0.4) is 0 Å². The minimum Gasteiger partial charge on any atom is -0.384 e. The molecular formula is C51H59ClF2N12O5. The number of aliphatic hydroxyl groups is 1. The molecule has 3 N–H and O–H groups in total. The average molecular weight is 994 g/mol. The van der Waals surface area contributed by atoms with Crippen molar-refractivity contribution < 1.29 is 28.3 Å². The topological polar surface area (TPSA) is 177 Å². The van der Waals surface area contributed by atoms with E-state index in [4.69, 9.17) is 21.6 Å². The highest BCUT2D eigenvalue weighted by atomic mass is 35.5. The first kappa shape index (κ1) is 48.4. The highest BCUT2D eigenvalue weighted by Crippen LogP contribution is 2.36. The van der Waals surface area contributed by atoms with E-state index >= 15 is 8.78 Å². The molecule has 0 unspecified atom stereocenters. The van der Waals surface area contributed by atoms with Gasteiger partial charge in [0.05, 0.1) is 29.5 Å². The lowest BCUT2D eigenvalue weighted by molar-refractivity contribution is -0.120. The number of rotatable bonds is 10. The number of piperazine rings is 1. The summed E-state index contributed by atoms with van der Waals surface area (Å²) in [6, 6.07) is 17.5. The number of nitrogens with one attached hydrogen (secondary N) is 2. The molecule has 5 aliphatic heterocycles. The van der Waals surface area contributed by atoms with Crippen LogP contribution < -0.4 is 26.0 Å². The summed E-state index contributed by atoms with van der Waals surface area (Å²) in [4.78, 5) is 74.8. The van der Waals surface area contributed by atoms with Gasteiger partial charge in [-0.3, -0.25) is 29.5 Å². The number of carbonyl (C=O) groups is 3. The highest BCUT2D eigenvalue weighted by molar-refractivity contribution is 6.34. The van der Waals surface area contributed by atoms with Crippen LogP contribution in [0, 0.1) is 11.8 Å². The van der Waals surface area contributed by atoms with Crippen LogP contribution in [-0.2, 0) is 16.9 Å². The molecule has 0 saturated carbocycles. The number of halogens is 3. The number of pyridine rings is 1. The second-order valence-electron chi connectivity index (χ2n) is 19.7. The number of allylic oxidation sites excluding steroid dienone is 2. The molecule has 8 heterocycles. The van der Waals surface area contributed by atoms with Gasteiger partial charge in [-0.25, -0.2) is 32.9 Å². The maximum Gasteiger partial charge on any atom is 0.328 e. The van der Waals surface area contributed by atoms with Crippen molar-refractivity contribution in [3.63, 3.8) is 0 Å². The summed E-state index contributed by atoms with van der Waals surface area (Å²) in [5.74, 6) is -2.83. The van der Waals surface area contributed by atoms with Gasteiger partial charge in [-0.05, 0) is 119 Å². The summed E-state index contributed by atoms with van der Waals surface area (Å²) in [6.45, 7) is 7.55. The number of hydrogen-bond acceptors (Lipinski definition) is 12. The number of nitrogens with zero attached hydrogens (tertiary/aromatic N) is 10. The number of fused-ring (bicyclic) bond motifs is 6. The normalized spacial score (nSPS) is 21.7. The Labute approximate surface area is 415 Å². The molecule has 2 bridgehead atoms. The van der Waals surface area contributed by atoms with Gasteiger partial charge in [-0.15, -0.1) is 0 Å². The van der Waals surface area contributed by atoms with E-state index in [2.05, 4.69) is 25.4 Å². The number of imide groups is 1. The molecule has 3 aromatic heterocycles. The SMILES string of the molecule is C[C@@]1(O)CC/C=C\Cn2c(=O)c3cnc(Nc4ccc(N5CCN(CC(F)(F)C6CCN(CC7CCN(C(=O)c8ccc(Cl)c(N9CCC(=O)NC9=O)c8)CC7)CC6)CC5)cc4)nc3n2-c2cccc1n2. The number of anilines is 4. The average Bonchev–Trinajstić information content (AvgIpc) is 3.63. The molecule has 374 valence electrons. The van der Waals surface area contributed by atoms with Crippen LogP contribution in [0.25, 0.3) is 16.9 Å². The first-order valence-corrected chi connectivity index (χ1v) is 25.1. The van der Waals surface area contributed by atoms with Gasteiger partial charge in [0.25, 0.3) is 17.4 Å². The van der Waals surface area contributed by atoms with Crippen molar-refractivity contribution in [1.82, 2.24) is 44.3 Å². The van der Waals surface area contributed by atoms with Crippen molar-refractivity contribution in [3.05, 3.63) is 106 Å². The summed E-state index contributed by atoms with van der Waals surface area (Å²) >= 11 is 6.40. The van der Waals surface area contributed by atoms with Gasteiger partial charge < -0.3 is 25.1 Å². The van der Waals surface area contributed by atoms with E-state index in [1.165, 1.54) is 11.1 Å². The molecule has 0 aliphatic carbocycles. The Kier molecular flexibility index (Phi) is 13.7. The molecule has 0 spiro atoms. The second-order valence-corrected chi connectivity index (χ2v) is 20.1. The third-order valence-electron chi connectivity index (χ3n) is 14.9. The maximum absolute atomic E-state index is 15.9. The van der Waals surface area contributed by atoms with Crippen molar-refractivity contribution in [2.24, 2.45) is 11.8 Å². The molecule has 71 heavy (non-hydrogen) atoms. The Hall–Kier alpha value is -6.28. The molecule has 2 aromatic carbocycles. The molecule has 20 heteroatoms. The van der Waals surface area contributed by atoms with Crippen LogP contribution >= 0.6 is 11.6 Å². The quantitative estimate of drug-likeness (QED) is 0.132. The van der Waals surface area contributed by atoms with Crippen molar-refractivity contribution in [3.8, 4) is 5.82 Å². The maximum atomic E-state index is 15.9. The number of alkyl halides is 2. The number of urea groups is 1. The fraction of sp³-hybridized carbons (Fsp3) is 0.471. The number of aromatic nitrogens is 5. The predicted octanol–water partition coefficient (Wildman–Crippen LogP) is 6.40.